The molecule has 0 saturated carbocycles. The summed E-state index contributed by atoms with van der Waals surface area (Å²) >= 11 is 7.36. The minimum atomic E-state index is -0.507. The van der Waals surface area contributed by atoms with Crippen LogP contribution in [0.1, 0.15) is 29.2 Å². The van der Waals surface area contributed by atoms with E-state index >= 15 is 0 Å². The van der Waals surface area contributed by atoms with Gasteiger partial charge in [0.15, 0.2) is 11.5 Å². The van der Waals surface area contributed by atoms with Crippen LogP contribution in [0.3, 0.4) is 0 Å². The average Bonchev–Trinajstić information content (AvgIpc) is 3.12. The number of imide groups is 1. The molecule has 0 N–H and O–H groups in total. The Kier molecular flexibility index (Phi) is 8.15. The van der Waals surface area contributed by atoms with Gasteiger partial charge in [-0.1, -0.05) is 48.0 Å². The summed E-state index contributed by atoms with van der Waals surface area (Å²) in [6.07, 6.45) is 1.58. The van der Waals surface area contributed by atoms with Crippen LogP contribution in [0.5, 0.6) is 11.5 Å². The van der Waals surface area contributed by atoms with E-state index in [1.165, 1.54) is 24.3 Å². The minimum Gasteiger partial charge on any atom is -0.490 e. The summed E-state index contributed by atoms with van der Waals surface area (Å²) in [4.78, 5) is 37.2. The molecule has 8 nitrogen and oxygen atoms in total. The largest absolute Gasteiger partial charge is 0.490 e. The number of amides is 2. The van der Waals surface area contributed by atoms with Gasteiger partial charge in [-0.25, -0.2) is 0 Å². The van der Waals surface area contributed by atoms with Crippen LogP contribution in [0.2, 0.25) is 5.02 Å². The molecule has 190 valence electrons. The van der Waals surface area contributed by atoms with Crippen LogP contribution in [-0.4, -0.2) is 27.6 Å². The number of hydrogen-bond acceptors (Lipinski definition) is 7. The molecule has 3 aromatic carbocycles. The molecule has 0 bridgehead atoms. The zero-order chi connectivity index (χ0) is 26.5. The van der Waals surface area contributed by atoms with Gasteiger partial charge >= 0.3 is 0 Å². The Labute approximate surface area is 223 Å². The first kappa shape index (κ1) is 26.2. The normalized spacial score (nSPS) is 14.4. The van der Waals surface area contributed by atoms with Gasteiger partial charge in [0.1, 0.15) is 6.61 Å². The van der Waals surface area contributed by atoms with Crippen molar-refractivity contribution in [3.8, 4) is 11.5 Å². The SMILES string of the molecule is CCOc1cc(/C=C2\SC(=O)N(Cc3ccc([N+](=O)[O-])cc3)C2=O)cc(Cl)c1OCc1ccccc1C. The number of rotatable bonds is 9. The summed E-state index contributed by atoms with van der Waals surface area (Å²) in [5.41, 5.74) is 3.24. The summed E-state index contributed by atoms with van der Waals surface area (Å²) in [6, 6.07) is 17.0. The molecule has 0 radical (unpaired) electrons. The molecule has 1 fully saturated rings. The van der Waals surface area contributed by atoms with Crippen molar-refractivity contribution < 1.29 is 24.0 Å². The molecule has 0 aromatic heterocycles. The molecule has 0 atom stereocenters. The molecule has 10 heteroatoms. The number of benzene rings is 3. The third-order valence-electron chi connectivity index (χ3n) is 5.62. The number of non-ortho nitro benzene ring substituents is 1. The molecule has 1 saturated heterocycles. The highest BCUT2D eigenvalue weighted by Gasteiger charge is 2.35. The van der Waals surface area contributed by atoms with Crippen molar-refractivity contribution in [2.24, 2.45) is 0 Å². The first-order chi connectivity index (χ1) is 17.8. The fourth-order valence-electron chi connectivity index (χ4n) is 3.69. The third-order valence-corrected chi connectivity index (χ3v) is 6.81. The number of thioether (sulfide) groups is 1. The Morgan fingerprint density at radius 1 is 1.08 bits per heavy atom. The Hall–Kier alpha value is -3.82. The quantitative estimate of drug-likeness (QED) is 0.168. The van der Waals surface area contributed by atoms with Crippen LogP contribution in [-0.2, 0) is 17.9 Å². The fourth-order valence-corrected chi connectivity index (χ4v) is 4.80. The maximum Gasteiger partial charge on any atom is 0.293 e. The maximum atomic E-state index is 13.0. The Morgan fingerprint density at radius 3 is 2.49 bits per heavy atom. The van der Waals surface area contributed by atoms with Gasteiger partial charge in [-0.05, 0) is 66.1 Å². The lowest BCUT2D eigenvalue weighted by Crippen LogP contribution is -2.27. The molecule has 0 unspecified atom stereocenters. The molecule has 0 spiro atoms. The summed E-state index contributed by atoms with van der Waals surface area (Å²) < 4.78 is 11.8. The third kappa shape index (κ3) is 6.12. The monoisotopic (exact) mass is 538 g/mol. The number of carbonyl (C=O) groups is 2. The van der Waals surface area contributed by atoms with Crippen molar-refractivity contribution in [1.29, 1.82) is 0 Å². The Bertz CT molecular complexity index is 1390. The molecule has 4 rings (SSSR count). The number of carbonyl (C=O) groups excluding carboxylic acids is 2. The van der Waals surface area contributed by atoms with Crippen LogP contribution in [0.4, 0.5) is 10.5 Å². The summed E-state index contributed by atoms with van der Waals surface area (Å²) in [5, 5.41) is 10.7. The van der Waals surface area contributed by atoms with E-state index in [0.29, 0.717) is 40.9 Å². The van der Waals surface area contributed by atoms with Crippen molar-refractivity contribution >= 4 is 46.3 Å². The first-order valence-electron chi connectivity index (χ1n) is 11.4. The van der Waals surface area contributed by atoms with Crippen molar-refractivity contribution in [2.75, 3.05) is 6.61 Å². The Morgan fingerprint density at radius 2 is 1.81 bits per heavy atom. The topological polar surface area (TPSA) is 99.0 Å². The average molecular weight is 539 g/mol. The lowest BCUT2D eigenvalue weighted by Gasteiger charge is -2.15. The van der Waals surface area contributed by atoms with E-state index in [1.54, 1.807) is 18.2 Å². The molecular formula is C27H23ClN2O6S. The fraction of sp³-hybridized carbons (Fsp3) is 0.185. The van der Waals surface area contributed by atoms with Gasteiger partial charge in [0.25, 0.3) is 16.8 Å². The predicted octanol–water partition coefficient (Wildman–Crippen LogP) is 6.77. The second kappa shape index (κ2) is 11.5. The van der Waals surface area contributed by atoms with Crippen molar-refractivity contribution in [3.63, 3.8) is 0 Å². The van der Waals surface area contributed by atoms with E-state index in [0.717, 1.165) is 27.8 Å². The standard InChI is InChI=1S/C27H23ClN2O6S/c1-3-35-23-13-19(12-22(28)25(23)36-16-20-7-5-4-6-17(20)2)14-24-26(31)29(27(32)37-24)15-18-8-10-21(11-9-18)30(33)34/h4-14H,3,15-16H2,1-2H3/b24-14-. The van der Waals surface area contributed by atoms with Crippen LogP contribution in [0.25, 0.3) is 6.08 Å². The van der Waals surface area contributed by atoms with Gasteiger partial charge in [0, 0.05) is 12.1 Å². The molecular weight excluding hydrogens is 516 g/mol. The summed E-state index contributed by atoms with van der Waals surface area (Å²) in [5.74, 6) is 0.373. The molecule has 0 aliphatic carbocycles. The zero-order valence-corrected chi connectivity index (χ0v) is 21.7. The van der Waals surface area contributed by atoms with Gasteiger partial charge in [-0.3, -0.25) is 24.6 Å². The van der Waals surface area contributed by atoms with E-state index in [-0.39, 0.29) is 17.1 Å². The first-order valence-corrected chi connectivity index (χ1v) is 12.6. The summed E-state index contributed by atoms with van der Waals surface area (Å²) in [6.45, 7) is 4.55. The van der Waals surface area contributed by atoms with Crippen LogP contribution >= 0.6 is 23.4 Å². The number of nitro benzene ring substituents is 1. The summed E-state index contributed by atoms with van der Waals surface area (Å²) in [7, 11) is 0. The maximum absolute atomic E-state index is 13.0. The van der Waals surface area contributed by atoms with Crippen LogP contribution < -0.4 is 9.47 Å². The number of aryl methyl sites for hydroxylation is 1. The van der Waals surface area contributed by atoms with Gasteiger partial charge < -0.3 is 9.47 Å². The van der Waals surface area contributed by atoms with Gasteiger partial charge in [-0.2, -0.15) is 0 Å². The number of hydrogen-bond donors (Lipinski definition) is 0. The van der Waals surface area contributed by atoms with E-state index in [1.807, 2.05) is 38.1 Å². The number of ether oxygens (including phenoxy) is 2. The zero-order valence-electron chi connectivity index (χ0n) is 20.1. The van der Waals surface area contributed by atoms with Crippen molar-refractivity contribution in [2.45, 2.75) is 27.0 Å². The Balaban J connectivity index is 1.54. The highest BCUT2D eigenvalue weighted by atomic mass is 35.5. The number of nitro groups is 1. The van der Waals surface area contributed by atoms with E-state index in [2.05, 4.69) is 0 Å². The van der Waals surface area contributed by atoms with E-state index < -0.39 is 16.1 Å². The van der Waals surface area contributed by atoms with Crippen molar-refractivity contribution in [1.82, 2.24) is 4.90 Å². The lowest BCUT2D eigenvalue weighted by molar-refractivity contribution is -0.384. The number of nitrogens with zero attached hydrogens (tertiary/aromatic N) is 2. The molecule has 1 aliphatic rings. The van der Waals surface area contributed by atoms with Crippen LogP contribution in [0, 0.1) is 17.0 Å². The highest BCUT2D eigenvalue weighted by Crippen LogP contribution is 2.40. The molecule has 37 heavy (non-hydrogen) atoms. The number of halogens is 1. The molecule has 1 aliphatic heterocycles. The van der Waals surface area contributed by atoms with E-state index in [9.17, 15) is 19.7 Å². The minimum absolute atomic E-state index is 0.0105. The van der Waals surface area contributed by atoms with Crippen molar-refractivity contribution in [3.05, 3.63) is 103 Å². The predicted molar refractivity (Wildman–Crippen MR) is 143 cm³/mol. The molecule has 1 heterocycles. The smallest absolute Gasteiger partial charge is 0.293 e. The molecule has 2 amide bonds. The van der Waals surface area contributed by atoms with Gasteiger partial charge in [0.05, 0.1) is 28.0 Å². The lowest BCUT2D eigenvalue weighted by atomic mass is 10.1. The second-order valence-electron chi connectivity index (χ2n) is 8.17. The molecule has 3 aromatic rings. The van der Waals surface area contributed by atoms with E-state index in [4.69, 9.17) is 21.1 Å². The van der Waals surface area contributed by atoms with Gasteiger partial charge in [-0.15, -0.1) is 0 Å². The highest BCUT2D eigenvalue weighted by molar-refractivity contribution is 8.18. The van der Waals surface area contributed by atoms with Crippen LogP contribution in [0.15, 0.2) is 65.6 Å². The van der Waals surface area contributed by atoms with Gasteiger partial charge in [0.2, 0.25) is 0 Å². The second-order valence-corrected chi connectivity index (χ2v) is 9.57.